The van der Waals surface area contributed by atoms with Gasteiger partial charge in [0.2, 0.25) is 0 Å². The van der Waals surface area contributed by atoms with Gasteiger partial charge in [-0.05, 0) is 18.9 Å². The smallest absolute Gasteiger partial charge is 0.106 e. The summed E-state index contributed by atoms with van der Waals surface area (Å²) in [4.78, 5) is 3.95. The van der Waals surface area contributed by atoms with Gasteiger partial charge < -0.3 is 10.2 Å². The molecule has 0 spiro atoms. The van der Waals surface area contributed by atoms with Gasteiger partial charge >= 0.3 is 0 Å². The van der Waals surface area contributed by atoms with Gasteiger partial charge in [0.25, 0.3) is 0 Å². The molecule has 3 nitrogen and oxygen atoms in total. The van der Waals surface area contributed by atoms with Crippen molar-refractivity contribution in [1.29, 1.82) is 0 Å². The van der Waals surface area contributed by atoms with Gasteiger partial charge in [-0.15, -0.1) is 0 Å². The molecule has 0 aromatic carbocycles. The number of hydrogen-bond acceptors (Lipinski definition) is 3. The van der Waals surface area contributed by atoms with E-state index in [4.69, 9.17) is 0 Å². The highest BCUT2D eigenvalue weighted by molar-refractivity contribution is 5.19. The molecule has 72 valence electrons. The van der Waals surface area contributed by atoms with E-state index in [-0.39, 0.29) is 0 Å². The maximum atomic E-state index is 9.62. The molecule has 0 radical (unpaired) electrons. The normalized spacial score (nSPS) is 15.4. The molecule has 1 heterocycles. The summed E-state index contributed by atoms with van der Waals surface area (Å²) in [6.45, 7) is 3.73. The average Bonchev–Trinajstić information content (AvgIpc) is 2.15. The number of aromatic nitrogens is 1. The van der Waals surface area contributed by atoms with Crippen molar-refractivity contribution in [2.75, 3.05) is 0 Å². The second-order valence-electron chi connectivity index (χ2n) is 3.22. The third-order valence-electron chi connectivity index (χ3n) is 2.02. The maximum Gasteiger partial charge on any atom is 0.106 e. The molecule has 1 aromatic rings. The summed E-state index contributed by atoms with van der Waals surface area (Å²) in [6.07, 6.45) is 2.31. The Morgan fingerprint density at radius 2 is 2.08 bits per heavy atom. The van der Waals surface area contributed by atoms with Crippen molar-refractivity contribution in [2.45, 2.75) is 32.5 Å². The van der Waals surface area contributed by atoms with Crippen molar-refractivity contribution in [1.82, 2.24) is 4.98 Å². The van der Waals surface area contributed by atoms with Crippen LogP contribution < -0.4 is 0 Å². The first-order chi connectivity index (χ1) is 6.15. The molecule has 3 heteroatoms. The van der Waals surface area contributed by atoms with E-state index in [2.05, 4.69) is 4.98 Å². The Bertz CT molecular complexity index is 275. The fourth-order valence-electron chi connectivity index (χ4n) is 1.19. The molecule has 2 N–H and O–H groups in total. The SMILES string of the molecule is CCC(O)C(O)c1cncc(C)c1. The Kier molecular flexibility index (Phi) is 3.39. The van der Waals surface area contributed by atoms with Crippen molar-refractivity contribution in [2.24, 2.45) is 0 Å². The van der Waals surface area contributed by atoms with E-state index in [1.165, 1.54) is 0 Å². The van der Waals surface area contributed by atoms with Gasteiger partial charge in [-0.2, -0.15) is 0 Å². The topological polar surface area (TPSA) is 53.4 Å². The molecule has 1 aromatic heterocycles. The van der Waals surface area contributed by atoms with Crippen molar-refractivity contribution >= 4 is 0 Å². The van der Waals surface area contributed by atoms with Gasteiger partial charge in [-0.3, -0.25) is 4.98 Å². The molecule has 0 aliphatic carbocycles. The summed E-state index contributed by atoms with van der Waals surface area (Å²) in [5.41, 5.74) is 1.66. The molecule has 0 saturated carbocycles. The van der Waals surface area contributed by atoms with Crippen LogP contribution in [0.1, 0.15) is 30.6 Å². The zero-order chi connectivity index (χ0) is 9.84. The molecule has 2 atom stereocenters. The van der Waals surface area contributed by atoms with Crippen LogP contribution in [0.4, 0.5) is 0 Å². The molecule has 0 amide bonds. The lowest BCUT2D eigenvalue weighted by Gasteiger charge is -2.16. The molecule has 13 heavy (non-hydrogen) atoms. The van der Waals surface area contributed by atoms with Crippen LogP contribution in [0, 0.1) is 6.92 Å². The highest BCUT2D eigenvalue weighted by Gasteiger charge is 2.16. The van der Waals surface area contributed by atoms with Gasteiger partial charge in [0.05, 0.1) is 6.10 Å². The van der Waals surface area contributed by atoms with Gasteiger partial charge in [-0.25, -0.2) is 0 Å². The highest BCUT2D eigenvalue weighted by atomic mass is 16.3. The minimum atomic E-state index is -0.822. The van der Waals surface area contributed by atoms with Gasteiger partial charge in [-0.1, -0.05) is 13.0 Å². The summed E-state index contributed by atoms with van der Waals surface area (Å²) in [5, 5.41) is 19.0. The van der Waals surface area contributed by atoms with Crippen LogP contribution in [0.15, 0.2) is 18.5 Å². The van der Waals surface area contributed by atoms with Crippen LogP contribution in [-0.2, 0) is 0 Å². The van der Waals surface area contributed by atoms with Crippen LogP contribution in [0.25, 0.3) is 0 Å². The summed E-state index contributed by atoms with van der Waals surface area (Å²) in [5.74, 6) is 0. The molecule has 0 aliphatic heterocycles. The van der Waals surface area contributed by atoms with E-state index in [0.29, 0.717) is 12.0 Å². The zero-order valence-electron chi connectivity index (χ0n) is 7.94. The van der Waals surface area contributed by atoms with Crippen molar-refractivity contribution < 1.29 is 10.2 Å². The molecule has 0 fully saturated rings. The van der Waals surface area contributed by atoms with Crippen molar-refractivity contribution in [3.05, 3.63) is 29.6 Å². The van der Waals surface area contributed by atoms with E-state index < -0.39 is 12.2 Å². The van der Waals surface area contributed by atoms with Crippen LogP contribution in [0.5, 0.6) is 0 Å². The number of nitrogens with zero attached hydrogens (tertiary/aromatic N) is 1. The highest BCUT2D eigenvalue weighted by Crippen LogP contribution is 2.18. The predicted molar refractivity (Wildman–Crippen MR) is 50.2 cm³/mol. The van der Waals surface area contributed by atoms with E-state index >= 15 is 0 Å². The van der Waals surface area contributed by atoms with Crippen LogP contribution in [0.2, 0.25) is 0 Å². The molecule has 0 saturated heterocycles. The maximum absolute atomic E-state index is 9.62. The number of hydrogen-bond donors (Lipinski definition) is 2. The first-order valence-electron chi connectivity index (χ1n) is 4.42. The number of aliphatic hydroxyl groups excluding tert-OH is 2. The molecular formula is C10H15NO2. The lowest BCUT2D eigenvalue weighted by Crippen LogP contribution is -2.17. The van der Waals surface area contributed by atoms with Crippen molar-refractivity contribution in [3.8, 4) is 0 Å². The summed E-state index contributed by atoms with van der Waals surface area (Å²) < 4.78 is 0. The summed E-state index contributed by atoms with van der Waals surface area (Å²) in [7, 11) is 0. The molecule has 0 bridgehead atoms. The lowest BCUT2D eigenvalue weighted by molar-refractivity contribution is 0.0162. The van der Waals surface area contributed by atoms with Crippen LogP contribution in [0.3, 0.4) is 0 Å². The molecule has 0 aliphatic rings. The quantitative estimate of drug-likeness (QED) is 0.736. The Labute approximate surface area is 78.1 Å². The van der Waals surface area contributed by atoms with E-state index in [0.717, 1.165) is 5.56 Å². The van der Waals surface area contributed by atoms with Gasteiger partial charge in [0.1, 0.15) is 6.10 Å². The third kappa shape index (κ3) is 2.50. The summed E-state index contributed by atoms with van der Waals surface area (Å²) >= 11 is 0. The fraction of sp³-hybridized carbons (Fsp3) is 0.500. The van der Waals surface area contributed by atoms with E-state index in [9.17, 15) is 10.2 Å². The fourth-order valence-corrected chi connectivity index (χ4v) is 1.19. The number of rotatable bonds is 3. The Morgan fingerprint density at radius 3 is 2.62 bits per heavy atom. The van der Waals surface area contributed by atoms with E-state index in [1.54, 1.807) is 12.4 Å². The number of pyridine rings is 1. The molecule has 1 rings (SSSR count). The monoisotopic (exact) mass is 181 g/mol. The zero-order valence-corrected chi connectivity index (χ0v) is 7.94. The standard InChI is InChI=1S/C10H15NO2/c1-3-9(12)10(13)8-4-7(2)5-11-6-8/h4-6,9-10,12-13H,3H2,1-2H3. The third-order valence-corrected chi connectivity index (χ3v) is 2.02. The lowest BCUT2D eigenvalue weighted by atomic mass is 10.0. The molecular weight excluding hydrogens is 166 g/mol. The second-order valence-corrected chi connectivity index (χ2v) is 3.22. The Hall–Kier alpha value is -0.930. The van der Waals surface area contributed by atoms with Gasteiger partial charge in [0, 0.05) is 18.0 Å². The molecule has 2 unspecified atom stereocenters. The first kappa shape index (κ1) is 10.2. The number of aryl methyl sites for hydroxylation is 1. The predicted octanol–water partition coefficient (Wildman–Crippen LogP) is 1.19. The van der Waals surface area contributed by atoms with E-state index in [1.807, 2.05) is 19.9 Å². The Morgan fingerprint density at radius 1 is 1.38 bits per heavy atom. The number of aliphatic hydroxyl groups is 2. The Balaban J connectivity index is 2.82. The first-order valence-corrected chi connectivity index (χ1v) is 4.42. The van der Waals surface area contributed by atoms with Crippen molar-refractivity contribution in [3.63, 3.8) is 0 Å². The summed E-state index contributed by atoms with van der Waals surface area (Å²) in [6, 6.07) is 1.83. The minimum Gasteiger partial charge on any atom is -0.390 e. The average molecular weight is 181 g/mol. The second kappa shape index (κ2) is 4.35. The van der Waals surface area contributed by atoms with Crippen LogP contribution in [-0.4, -0.2) is 21.3 Å². The van der Waals surface area contributed by atoms with Gasteiger partial charge in [0.15, 0.2) is 0 Å². The largest absolute Gasteiger partial charge is 0.390 e. The van der Waals surface area contributed by atoms with Crippen LogP contribution >= 0.6 is 0 Å². The minimum absolute atomic E-state index is 0.537.